The summed E-state index contributed by atoms with van der Waals surface area (Å²) in [4.78, 5) is 15.7. The molecule has 4 heteroatoms. The summed E-state index contributed by atoms with van der Waals surface area (Å²) in [5.74, 6) is 0.0485. The maximum absolute atomic E-state index is 11.8. The van der Waals surface area contributed by atoms with Crippen LogP contribution < -0.4 is 0 Å². The highest BCUT2D eigenvalue weighted by Gasteiger charge is 2.14. The van der Waals surface area contributed by atoms with Crippen LogP contribution >= 0.6 is 11.6 Å². The molecule has 0 aliphatic rings. The van der Waals surface area contributed by atoms with Crippen molar-refractivity contribution in [3.63, 3.8) is 0 Å². The first-order chi connectivity index (χ1) is 8.69. The van der Waals surface area contributed by atoms with Gasteiger partial charge in [0, 0.05) is 6.20 Å². The Labute approximate surface area is 114 Å². The molecular formula is C14H20ClNO2. The third-order valence-electron chi connectivity index (χ3n) is 2.97. The van der Waals surface area contributed by atoms with Crippen LogP contribution in [0.5, 0.6) is 0 Å². The second kappa shape index (κ2) is 8.09. The first-order valence-electron chi connectivity index (χ1n) is 6.46. The fourth-order valence-electron chi connectivity index (χ4n) is 1.71. The van der Waals surface area contributed by atoms with Gasteiger partial charge in [-0.15, -0.1) is 0 Å². The number of rotatable bonds is 7. The Balaban J connectivity index is 2.47. The molecule has 0 fully saturated rings. The van der Waals surface area contributed by atoms with E-state index in [1.54, 1.807) is 18.3 Å². The minimum atomic E-state index is -0.386. The lowest BCUT2D eigenvalue weighted by molar-refractivity contribution is 0.0428. The zero-order valence-corrected chi connectivity index (χ0v) is 11.7. The molecule has 1 aromatic rings. The molecule has 18 heavy (non-hydrogen) atoms. The number of hydrogen-bond donors (Lipinski definition) is 0. The van der Waals surface area contributed by atoms with Gasteiger partial charge in [0.25, 0.3) is 0 Å². The van der Waals surface area contributed by atoms with E-state index >= 15 is 0 Å². The maximum atomic E-state index is 11.8. The van der Waals surface area contributed by atoms with E-state index in [4.69, 9.17) is 16.3 Å². The Kier molecular flexibility index (Phi) is 6.73. The van der Waals surface area contributed by atoms with Gasteiger partial charge in [-0.3, -0.25) is 0 Å². The Bertz CT molecular complexity index is 382. The summed E-state index contributed by atoms with van der Waals surface area (Å²) < 4.78 is 5.30. The van der Waals surface area contributed by atoms with Gasteiger partial charge >= 0.3 is 5.97 Å². The van der Waals surface area contributed by atoms with Gasteiger partial charge in [0.1, 0.15) is 5.15 Å². The van der Waals surface area contributed by atoms with Crippen LogP contribution in [0.2, 0.25) is 5.15 Å². The maximum Gasteiger partial charge on any atom is 0.341 e. The molecule has 0 aromatic carbocycles. The summed E-state index contributed by atoms with van der Waals surface area (Å²) in [5, 5.41) is 0.198. The lowest BCUT2D eigenvalue weighted by Crippen LogP contribution is -2.14. The van der Waals surface area contributed by atoms with Gasteiger partial charge in [0.2, 0.25) is 0 Å². The molecule has 1 unspecified atom stereocenters. The van der Waals surface area contributed by atoms with Gasteiger partial charge in [0.15, 0.2) is 0 Å². The summed E-state index contributed by atoms with van der Waals surface area (Å²) in [6, 6.07) is 3.31. The summed E-state index contributed by atoms with van der Waals surface area (Å²) in [6.07, 6.45) is 6.01. The van der Waals surface area contributed by atoms with E-state index in [9.17, 15) is 4.79 Å². The second-order valence-electron chi connectivity index (χ2n) is 4.36. The molecule has 0 aliphatic heterocycles. The number of halogens is 1. The molecule has 1 atom stereocenters. The van der Waals surface area contributed by atoms with Crippen LogP contribution in [0, 0.1) is 5.92 Å². The third kappa shape index (κ3) is 4.65. The molecule has 1 rings (SSSR count). The van der Waals surface area contributed by atoms with E-state index in [1.165, 1.54) is 12.8 Å². The first kappa shape index (κ1) is 15.0. The zero-order chi connectivity index (χ0) is 13.4. The molecule has 0 bridgehead atoms. The first-order valence-corrected chi connectivity index (χ1v) is 6.84. The number of unbranched alkanes of at least 4 members (excludes halogenated alkanes) is 1. The summed E-state index contributed by atoms with van der Waals surface area (Å²) in [6.45, 7) is 4.74. The van der Waals surface area contributed by atoms with Crippen molar-refractivity contribution < 1.29 is 9.53 Å². The number of hydrogen-bond acceptors (Lipinski definition) is 3. The molecule has 0 saturated carbocycles. The SMILES string of the molecule is CCCCC(CC)COC(=O)c1cccnc1Cl. The average molecular weight is 270 g/mol. The van der Waals surface area contributed by atoms with E-state index in [-0.39, 0.29) is 11.1 Å². The average Bonchev–Trinajstić information content (AvgIpc) is 2.39. The monoisotopic (exact) mass is 269 g/mol. The third-order valence-corrected chi connectivity index (χ3v) is 3.27. The number of esters is 1. The van der Waals surface area contributed by atoms with Crippen LogP contribution in [0.4, 0.5) is 0 Å². The normalized spacial score (nSPS) is 12.2. The highest BCUT2D eigenvalue weighted by atomic mass is 35.5. The molecule has 0 amide bonds. The second-order valence-corrected chi connectivity index (χ2v) is 4.71. The van der Waals surface area contributed by atoms with Gasteiger partial charge in [-0.05, 0) is 24.5 Å². The Morgan fingerprint density at radius 3 is 2.89 bits per heavy atom. The Hall–Kier alpha value is -1.09. The van der Waals surface area contributed by atoms with Crippen molar-refractivity contribution in [2.24, 2.45) is 5.92 Å². The molecule has 3 nitrogen and oxygen atoms in total. The van der Waals surface area contributed by atoms with Gasteiger partial charge < -0.3 is 4.74 Å². The minimum Gasteiger partial charge on any atom is -0.462 e. The minimum absolute atomic E-state index is 0.198. The fraction of sp³-hybridized carbons (Fsp3) is 0.571. The number of aromatic nitrogens is 1. The number of carbonyl (C=O) groups excluding carboxylic acids is 1. The Morgan fingerprint density at radius 1 is 1.50 bits per heavy atom. The van der Waals surface area contributed by atoms with E-state index in [0.717, 1.165) is 12.8 Å². The topological polar surface area (TPSA) is 39.2 Å². The predicted molar refractivity (Wildman–Crippen MR) is 72.8 cm³/mol. The lowest BCUT2D eigenvalue weighted by atomic mass is 10.0. The van der Waals surface area contributed by atoms with Crippen molar-refractivity contribution in [2.45, 2.75) is 39.5 Å². The quantitative estimate of drug-likeness (QED) is 0.552. The zero-order valence-electron chi connectivity index (χ0n) is 11.0. The predicted octanol–water partition coefficient (Wildman–Crippen LogP) is 4.11. The number of nitrogens with zero attached hydrogens (tertiary/aromatic N) is 1. The molecule has 0 saturated heterocycles. The van der Waals surface area contributed by atoms with Crippen molar-refractivity contribution in [1.82, 2.24) is 4.98 Å². The van der Waals surface area contributed by atoms with Crippen molar-refractivity contribution in [1.29, 1.82) is 0 Å². The van der Waals surface area contributed by atoms with E-state index < -0.39 is 0 Å². The smallest absolute Gasteiger partial charge is 0.341 e. The number of pyridine rings is 1. The van der Waals surface area contributed by atoms with Crippen LogP contribution in [0.3, 0.4) is 0 Å². The molecule has 0 aliphatic carbocycles. The molecular weight excluding hydrogens is 250 g/mol. The number of carbonyl (C=O) groups is 1. The van der Waals surface area contributed by atoms with Crippen LogP contribution in [0.25, 0.3) is 0 Å². The van der Waals surface area contributed by atoms with E-state index in [0.29, 0.717) is 18.1 Å². The Morgan fingerprint density at radius 2 is 2.28 bits per heavy atom. The van der Waals surface area contributed by atoms with Crippen LogP contribution in [-0.2, 0) is 4.74 Å². The van der Waals surface area contributed by atoms with Crippen LogP contribution in [-0.4, -0.2) is 17.6 Å². The fourth-order valence-corrected chi connectivity index (χ4v) is 1.90. The number of ether oxygens (including phenoxy) is 1. The van der Waals surface area contributed by atoms with Crippen LogP contribution in [0.1, 0.15) is 49.9 Å². The van der Waals surface area contributed by atoms with Gasteiger partial charge in [-0.1, -0.05) is 44.7 Å². The van der Waals surface area contributed by atoms with E-state index in [1.807, 2.05) is 0 Å². The van der Waals surface area contributed by atoms with Gasteiger partial charge in [0.05, 0.1) is 12.2 Å². The molecule has 1 aromatic heterocycles. The van der Waals surface area contributed by atoms with Gasteiger partial charge in [-0.25, -0.2) is 9.78 Å². The molecule has 0 spiro atoms. The molecule has 100 valence electrons. The van der Waals surface area contributed by atoms with Crippen molar-refractivity contribution in [3.05, 3.63) is 29.0 Å². The van der Waals surface area contributed by atoms with Crippen molar-refractivity contribution >= 4 is 17.6 Å². The highest BCUT2D eigenvalue weighted by molar-refractivity contribution is 6.32. The largest absolute Gasteiger partial charge is 0.462 e. The highest BCUT2D eigenvalue weighted by Crippen LogP contribution is 2.16. The standard InChI is InChI=1S/C14H20ClNO2/c1-3-5-7-11(4-2)10-18-14(17)12-8-6-9-16-13(12)15/h6,8-9,11H,3-5,7,10H2,1-2H3. The molecule has 0 N–H and O–H groups in total. The summed E-state index contributed by atoms with van der Waals surface area (Å²) in [5.41, 5.74) is 0.338. The van der Waals surface area contributed by atoms with E-state index in [2.05, 4.69) is 18.8 Å². The van der Waals surface area contributed by atoms with Crippen LogP contribution in [0.15, 0.2) is 18.3 Å². The molecule has 0 radical (unpaired) electrons. The molecule has 1 heterocycles. The summed E-state index contributed by atoms with van der Waals surface area (Å²) in [7, 11) is 0. The lowest BCUT2D eigenvalue weighted by Gasteiger charge is -2.14. The summed E-state index contributed by atoms with van der Waals surface area (Å²) >= 11 is 5.84. The van der Waals surface area contributed by atoms with Crippen molar-refractivity contribution in [2.75, 3.05) is 6.61 Å². The van der Waals surface area contributed by atoms with Crippen molar-refractivity contribution in [3.8, 4) is 0 Å². The van der Waals surface area contributed by atoms with Gasteiger partial charge in [-0.2, -0.15) is 0 Å².